The summed E-state index contributed by atoms with van der Waals surface area (Å²) in [5.41, 5.74) is 0.999. The molecule has 1 aromatic carbocycles. The second-order valence-electron chi connectivity index (χ2n) is 5.20. The Morgan fingerprint density at radius 1 is 1.55 bits per heavy atom. The lowest BCUT2D eigenvalue weighted by molar-refractivity contribution is -0.384. The molecule has 0 radical (unpaired) electrons. The third-order valence-corrected chi connectivity index (χ3v) is 3.73. The monoisotopic (exact) mass is 279 g/mol. The first-order chi connectivity index (χ1) is 9.63. The number of likely N-dealkylation sites (tertiary alicyclic amines) is 1. The number of rotatable bonds is 6. The van der Waals surface area contributed by atoms with Crippen LogP contribution in [0.25, 0.3) is 0 Å². The van der Waals surface area contributed by atoms with Gasteiger partial charge in [-0.2, -0.15) is 0 Å². The molecule has 0 saturated carbocycles. The Kier molecular flexibility index (Phi) is 4.92. The Morgan fingerprint density at radius 3 is 3.00 bits per heavy atom. The van der Waals surface area contributed by atoms with E-state index in [9.17, 15) is 10.1 Å². The lowest BCUT2D eigenvalue weighted by atomic mass is 10.1. The minimum Gasteiger partial charge on any atom is -0.496 e. The molecule has 20 heavy (non-hydrogen) atoms. The summed E-state index contributed by atoms with van der Waals surface area (Å²) in [5, 5.41) is 14.1. The van der Waals surface area contributed by atoms with Gasteiger partial charge in [-0.15, -0.1) is 0 Å². The minimum absolute atomic E-state index is 0.117. The van der Waals surface area contributed by atoms with Crippen LogP contribution in [0.5, 0.6) is 5.75 Å². The topological polar surface area (TPSA) is 67.6 Å². The molecule has 0 aromatic heterocycles. The van der Waals surface area contributed by atoms with E-state index in [2.05, 4.69) is 10.2 Å². The Balaban J connectivity index is 2.08. The maximum atomic E-state index is 10.9. The van der Waals surface area contributed by atoms with Crippen LogP contribution in [0.3, 0.4) is 0 Å². The summed E-state index contributed by atoms with van der Waals surface area (Å²) >= 11 is 0. The highest BCUT2D eigenvalue weighted by atomic mass is 16.6. The Bertz CT molecular complexity index is 479. The molecule has 1 fully saturated rings. The lowest BCUT2D eigenvalue weighted by Gasteiger charge is -2.17. The molecule has 6 heteroatoms. The predicted molar refractivity (Wildman–Crippen MR) is 77.0 cm³/mol. The Labute approximate surface area is 118 Å². The molecule has 1 unspecified atom stereocenters. The van der Waals surface area contributed by atoms with Crippen molar-refractivity contribution in [3.05, 3.63) is 33.9 Å². The molecule has 0 spiro atoms. The van der Waals surface area contributed by atoms with E-state index in [1.165, 1.54) is 6.07 Å². The van der Waals surface area contributed by atoms with E-state index in [0.717, 1.165) is 31.6 Å². The number of nitrogens with one attached hydrogen (secondary N) is 1. The highest BCUT2D eigenvalue weighted by molar-refractivity contribution is 5.43. The van der Waals surface area contributed by atoms with Gasteiger partial charge in [0.15, 0.2) is 0 Å². The van der Waals surface area contributed by atoms with Crippen molar-refractivity contribution in [3.8, 4) is 5.75 Å². The summed E-state index contributed by atoms with van der Waals surface area (Å²) in [6.45, 7) is 3.76. The van der Waals surface area contributed by atoms with Gasteiger partial charge in [0.2, 0.25) is 0 Å². The van der Waals surface area contributed by atoms with Crippen molar-refractivity contribution in [2.24, 2.45) is 5.92 Å². The van der Waals surface area contributed by atoms with E-state index in [0.29, 0.717) is 18.2 Å². The molecule has 1 atom stereocenters. The summed E-state index contributed by atoms with van der Waals surface area (Å²) in [4.78, 5) is 12.8. The molecule has 1 heterocycles. The largest absolute Gasteiger partial charge is 0.496 e. The van der Waals surface area contributed by atoms with Crippen LogP contribution in [0, 0.1) is 16.0 Å². The SMILES string of the molecule is CNCC1CCN(Cc2cc([N+](=O)[O-])ccc2OC)C1. The van der Waals surface area contributed by atoms with Gasteiger partial charge in [-0.25, -0.2) is 0 Å². The zero-order valence-corrected chi connectivity index (χ0v) is 12.0. The van der Waals surface area contributed by atoms with Crippen LogP contribution < -0.4 is 10.1 Å². The van der Waals surface area contributed by atoms with Gasteiger partial charge in [0, 0.05) is 30.8 Å². The fraction of sp³-hybridized carbons (Fsp3) is 0.571. The Morgan fingerprint density at radius 2 is 2.35 bits per heavy atom. The zero-order chi connectivity index (χ0) is 14.5. The van der Waals surface area contributed by atoms with Crippen molar-refractivity contribution in [2.75, 3.05) is 33.8 Å². The average Bonchev–Trinajstić information content (AvgIpc) is 2.86. The summed E-state index contributed by atoms with van der Waals surface area (Å²) in [6.07, 6.45) is 1.16. The number of ether oxygens (including phenoxy) is 1. The molecule has 2 rings (SSSR count). The van der Waals surface area contributed by atoms with E-state index in [1.54, 1.807) is 19.2 Å². The first kappa shape index (κ1) is 14.7. The van der Waals surface area contributed by atoms with Crippen LogP contribution in [-0.2, 0) is 6.54 Å². The van der Waals surface area contributed by atoms with Crippen molar-refractivity contribution >= 4 is 5.69 Å². The fourth-order valence-electron chi connectivity index (χ4n) is 2.75. The standard InChI is InChI=1S/C14H21N3O3/c1-15-8-11-5-6-16(9-11)10-12-7-13(17(18)19)3-4-14(12)20-2/h3-4,7,11,15H,5-6,8-10H2,1-2H3. The molecule has 0 bridgehead atoms. The van der Waals surface area contributed by atoms with Crippen molar-refractivity contribution in [2.45, 2.75) is 13.0 Å². The number of methoxy groups -OCH3 is 1. The maximum Gasteiger partial charge on any atom is 0.270 e. The smallest absolute Gasteiger partial charge is 0.270 e. The number of nitrogens with zero attached hydrogens (tertiary/aromatic N) is 2. The number of non-ortho nitro benzene ring substituents is 1. The van der Waals surface area contributed by atoms with Crippen molar-refractivity contribution in [1.82, 2.24) is 10.2 Å². The van der Waals surface area contributed by atoms with E-state index in [-0.39, 0.29) is 10.6 Å². The van der Waals surface area contributed by atoms with Gasteiger partial charge in [0.05, 0.1) is 12.0 Å². The molecular formula is C14H21N3O3. The number of nitro benzene ring substituents is 1. The summed E-state index contributed by atoms with van der Waals surface area (Å²) in [5.74, 6) is 1.37. The lowest BCUT2D eigenvalue weighted by Crippen LogP contribution is -2.24. The minimum atomic E-state index is -0.364. The van der Waals surface area contributed by atoms with Gasteiger partial charge in [0.1, 0.15) is 5.75 Å². The molecule has 1 aliphatic rings. The summed E-state index contributed by atoms with van der Waals surface area (Å²) in [6, 6.07) is 4.77. The number of nitro groups is 1. The third-order valence-electron chi connectivity index (χ3n) is 3.73. The Hall–Kier alpha value is -1.66. The van der Waals surface area contributed by atoms with Crippen LogP contribution in [0.4, 0.5) is 5.69 Å². The highest BCUT2D eigenvalue weighted by Crippen LogP contribution is 2.27. The molecule has 6 nitrogen and oxygen atoms in total. The van der Waals surface area contributed by atoms with Crippen molar-refractivity contribution in [1.29, 1.82) is 0 Å². The molecular weight excluding hydrogens is 258 g/mol. The second-order valence-corrected chi connectivity index (χ2v) is 5.20. The quantitative estimate of drug-likeness (QED) is 0.633. The van der Waals surface area contributed by atoms with Gasteiger partial charge < -0.3 is 10.1 Å². The van der Waals surface area contributed by atoms with Crippen molar-refractivity contribution < 1.29 is 9.66 Å². The van der Waals surface area contributed by atoms with Gasteiger partial charge in [0.25, 0.3) is 5.69 Å². The number of benzene rings is 1. The summed E-state index contributed by atoms with van der Waals surface area (Å²) in [7, 11) is 3.56. The molecule has 1 saturated heterocycles. The van der Waals surface area contributed by atoms with Gasteiger partial charge in [-0.1, -0.05) is 0 Å². The van der Waals surface area contributed by atoms with Crippen LogP contribution >= 0.6 is 0 Å². The van der Waals surface area contributed by atoms with Crippen LogP contribution in [0.2, 0.25) is 0 Å². The van der Waals surface area contributed by atoms with E-state index in [1.807, 2.05) is 7.05 Å². The van der Waals surface area contributed by atoms with E-state index >= 15 is 0 Å². The molecule has 0 amide bonds. The molecule has 0 aliphatic carbocycles. The van der Waals surface area contributed by atoms with Crippen molar-refractivity contribution in [3.63, 3.8) is 0 Å². The van der Waals surface area contributed by atoms with Gasteiger partial charge in [-0.05, 0) is 38.5 Å². The van der Waals surface area contributed by atoms with Gasteiger partial charge >= 0.3 is 0 Å². The van der Waals surface area contributed by atoms with Gasteiger partial charge in [-0.3, -0.25) is 15.0 Å². The van der Waals surface area contributed by atoms with E-state index in [4.69, 9.17) is 4.74 Å². The second kappa shape index (κ2) is 6.67. The number of hydrogen-bond donors (Lipinski definition) is 1. The molecule has 1 N–H and O–H groups in total. The fourth-order valence-corrected chi connectivity index (χ4v) is 2.75. The van der Waals surface area contributed by atoms with Crippen LogP contribution in [-0.4, -0.2) is 43.6 Å². The number of hydrogen-bond acceptors (Lipinski definition) is 5. The third kappa shape index (κ3) is 3.46. The van der Waals surface area contributed by atoms with Crippen LogP contribution in [0.1, 0.15) is 12.0 Å². The van der Waals surface area contributed by atoms with E-state index < -0.39 is 0 Å². The van der Waals surface area contributed by atoms with Crippen LogP contribution in [0.15, 0.2) is 18.2 Å². The first-order valence-electron chi connectivity index (χ1n) is 6.82. The maximum absolute atomic E-state index is 10.9. The zero-order valence-electron chi connectivity index (χ0n) is 12.0. The molecule has 110 valence electrons. The molecule has 1 aromatic rings. The normalized spacial score (nSPS) is 19.2. The highest BCUT2D eigenvalue weighted by Gasteiger charge is 2.23. The predicted octanol–water partition coefficient (Wildman–Crippen LogP) is 1.64. The first-order valence-corrected chi connectivity index (χ1v) is 6.82. The average molecular weight is 279 g/mol. The molecule has 1 aliphatic heterocycles. The summed E-state index contributed by atoms with van der Waals surface area (Å²) < 4.78 is 5.30.